The Kier molecular flexibility index (Phi) is 5.20. The normalized spacial score (nSPS) is 20.1. The number of carboxylic acids is 1. The van der Waals surface area contributed by atoms with Crippen molar-refractivity contribution in [3.8, 4) is 0 Å². The van der Waals surface area contributed by atoms with E-state index in [0.29, 0.717) is 12.3 Å². The smallest absolute Gasteiger partial charge is 0.308 e. The van der Waals surface area contributed by atoms with Gasteiger partial charge >= 0.3 is 5.97 Å². The number of hydrogen-bond donors (Lipinski definition) is 1. The zero-order valence-electron chi connectivity index (χ0n) is 13.2. The molecule has 2 aromatic rings. The number of amides is 1. The quantitative estimate of drug-likeness (QED) is 0.849. The number of rotatable bonds is 5. The van der Waals surface area contributed by atoms with E-state index in [4.69, 9.17) is 0 Å². The van der Waals surface area contributed by atoms with Crippen molar-refractivity contribution in [3.05, 3.63) is 66.2 Å². The van der Waals surface area contributed by atoms with Gasteiger partial charge < -0.3 is 10.0 Å². The summed E-state index contributed by atoms with van der Waals surface area (Å²) >= 11 is 1.48. The molecule has 1 amide bonds. The molecular weight excluding hydrogens is 322 g/mol. The van der Waals surface area contributed by atoms with E-state index in [2.05, 4.69) is 0 Å². The summed E-state index contributed by atoms with van der Waals surface area (Å²) in [6.07, 6.45) is 0. The van der Waals surface area contributed by atoms with Crippen molar-refractivity contribution in [1.29, 1.82) is 0 Å². The summed E-state index contributed by atoms with van der Waals surface area (Å²) in [6, 6.07) is 19.4. The summed E-state index contributed by atoms with van der Waals surface area (Å²) in [5, 5.41) is 9.51. The lowest BCUT2D eigenvalue weighted by Crippen LogP contribution is -2.31. The summed E-state index contributed by atoms with van der Waals surface area (Å²) in [5.41, 5.74) is 0.982. The molecule has 0 aliphatic carbocycles. The second-order valence-electron chi connectivity index (χ2n) is 5.86. The lowest BCUT2D eigenvalue weighted by Gasteiger charge is -2.16. The SMILES string of the molecule is O=C(O)[C@@H]1CN(C(=O)CSc2ccccc2)C[C@@H]1c1ccccc1. The Hall–Kier alpha value is -2.27. The molecular formula is C19H19NO3S. The van der Waals surface area contributed by atoms with Gasteiger partial charge in [0, 0.05) is 23.9 Å². The first-order chi connectivity index (χ1) is 11.6. The fourth-order valence-corrected chi connectivity index (χ4v) is 3.87. The van der Waals surface area contributed by atoms with Crippen LogP contribution in [0.1, 0.15) is 11.5 Å². The third-order valence-electron chi connectivity index (χ3n) is 4.32. The van der Waals surface area contributed by atoms with Crippen LogP contribution >= 0.6 is 11.8 Å². The van der Waals surface area contributed by atoms with E-state index in [9.17, 15) is 14.7 Å². The van der Waals surface area contributed by atoms with Gasteiger partial charge in [0.25, 0.3) is 0 Å². The number of likely N-dealkylation sites (tertiary alicyclic amines) is 1. The highest BCUT2D eigenvalue weighted by molar-refractivity contribution is 8.00. The number of hydrogen-bond acceptors (Lipinski definition) is 3. The van der Waals surface area contributed by atoms with Gasteiger partial charge in [0.15, 0.2) is 0 Å². The molecule has 3 rings (SSSR count). The monoisotopic (exact) mass is 341 g/mol. The number of carbonyl (C=O) groups excluding carboxylic acids is 1. The van der Waals surface area contributed by atoms with Crippen LogP contribution in [-0.4, -0.2) is 40.7 Å². The Morgan fingerprint density at radius 1 is 1.00 bits per heavy atom. The number of thioether (sulfide) groups is 1. The van der Waals surface area contributed by atoms with E-state index in [1.54, 1.807) is 4.90 Å². The number of nitrogens with zero attached hydrogens (tertiary/aromatic N) is 1. The van der Waals surface area contributed by atoms with Crippen molar-refractivity contribution >= 4 is 23.6 Å². The lowest BCUT2D eigenvalue weighted by atomic mass is 9.89. The van der Waals surface area contributed by atoms with Crippen LogP contribution in [0.2, 0.25) is 0 Å². The van der Waals surface area contributed by atoms with E-state index in [1.165, 1.54) is 11.8 Å². The van der Waals surface area contributed by atoms with Gasteiger partial charge in [-0.05, 0) is 17.7 Å². The maximum Gasteiger partial charge on any atom is 0.308 e. The second-order valence-corrected chi connectivity index (χ2v) is 6.91. The Balaban J connectivity index is 1.66. The molecule has 1 fully saturated rings. The second kappa shape index (κ2) is 7.53. The molecule has 1 aliphatic heterocycles. The summed E-state index contributed by atoms with van der Waals surface area (Å²) in [4.78, 5) is 26.8. The average Bonchev–Trinajstić information content (AvgIpc) is 3.07. The van der Waals surface area contributed by atoms with E-state index in [1.807, 2.05) is 60.7 Å². The number of benzene rings is 2. The van der Waals surface area contributed by atoms with Gasteiger partial charge in [0.05, 0.1) is 11.7 Å². The predicted molar refractivity (Wildman–Crippen MR) is 94.1 cm³/mol. The Morgan fingerprint density at radius 2 is 1.62 bits per heavy atom. The summed E-state index contributed by atoms with van der Waals surface area (Å²) in [6.45, 7) is 0.748. The van der Waals surface area contributed by atoms with Crippen LogP contribution in [0, 0.1) is 5.92 Å². The minimum Gasteiger partial charge on any atom is -0.481 e. The fraction of sp³-hybridized carbons (Fsp3) is 0.263. The first-order valence-corrected chi connectivity index (χ1v) is 8.87. The molecule has 1 N–H and O–H groups in total. The van der Waals surface area contributed by atoms with Gasteiger partial charge in [-0.15, -0.1) is 11.8 Å². The zero-order valence-corrected chi connectivity index (χ0v) is 14.0. The first kappa shape index (κ1) is 16.6. The maximum atomic E-state index is 12.5. The lowest BCUT2D eigenvalue weighted by molar-refractivity contribution is -0.141. The summed E-state index contributed by atoms with van der Waals surface area (Å²) in [7, 11) is 0. The molecule has 2 aromatic carbocycles. The third kappa shape index (κ3) is 3.79. The highest BCUT2D eigenvalue weighted by Crippen LogP contribution is 2.33. The Labute approximate surface area is 145 Å². The molecule has 5 heteroatoms. The van der Waals surface area contributed by atoms with Crippen LogP contribution in [0.15, 0.2) is 65.6 Å². The van der Waals surface area contributed by atoms with Gasteiger partial charge in [-0.2, -0.15) is 0 Å². The van der Waals surface area contributed by atoms with E-state index in [0.717, 1.165) is 10.5 Å². The highest BCUT2D eigenvalue weighted by Gasteiger charge is 2.40. The summed E-state index contributed by atoms with van der Waals surface area (Å²) < 4.78 is 0. The molecule has 0 bridgehead atoms. The first-order valence-electron chi connectivity index (χ1n) is 7.88. The minimum absolute atomic E-state index is 0.00599. The number of carboxylic acid groups (broad SMARTS) is 1. The van der Waals surface area contributed by atoms with Crippen LogP contribution < -0.4 is 0 Å². The van der Waals surface area contributed by atoms with Gasteiger partial charge in [-0.1, -0.05) is 48.5 Å². The Morgan fingerprint density at radius 3 is 2.25 bits per heavy atom. The highest BCUT2D eigenvalue weighted by atomic mass is 32.2. The molecule has 0 saturated carbocycles. The molecule has 1 heterocycles. The van der Waals surface area contributed by atoms with Crippen LogP contribution in [-0.2, 0) is 9.59 Å². The molecule has 2 atom stereocenters. The van der Waals surface area contributed by atoms with Crippen LogP contribution in [0.3, 0.4) is 0 Å². The van der Waals surface area contributed by atoms with Gasteiger partial charge in [-0.25, -0.2) is 0 Å². The van der Waals surface area contributed by atoms with Gasteiger partial charge in [0.1, 0.15) is 0 Å². The van der Waals surface area contributed by atoms with Crippen LogP contribution in [0.5, 0.6) is 0 Å². The van der Waals surface area contributed by atoms with Gasteiger partial charge in [-0.3, -0.25) is 9.59 Å². The van der Waals surface area contributed by atoms with Crippen molar-refractivity contribution in [2.24, 2.45) is 5.92 Å². The Bertz CT molecular complexity index is 705. The molecule has 0 aromatic heterocycles. The fourth-order valence-electron chi connectivity index (χ4n) is 3.05. The molecule has 0 unspecified atom stereocenters. The van der Waals surface area contributed by atoms with Crippen molar-refractivity contribution in [1.82, 2.24) is 4.90 Å². The largest absolute Gasteiger partial charge is 0.481 e. The van der Waals surface area contributed by atoms with Crippen molar-refractivity contribution < 1.29 is 14.7 Å². The van der Waals surface area contributed by atoms with Crippen LogP contribution in [0.25, 0.3) is 0 Å². The minimum atomic E-state index is -0.838. The number of carbonyl (C=O) groups is 2. The predicted octanol–water partition coefficient (Wildman–Crippen LogP) is 3.11. The molecule has 0 radical (unpaired) electrons. The molecule has 4 nitrogen and oxygen atoms in total. The number of aliphatic carboxylic acids is 1. The summed E-state index contributed by atoms with van der Waals surface area (Å²) in [5.74, 6) is -1.20. The maximum absolute atomic E-state index is 12.5. The molecule has 0 spiro atoms. The van der Waals surface area contributed by atoms with Crippen molar-refractivity contribution in [3.63, 3.8) is 0 Å². The zero-order chi connectivity index (χ0) is 16.9. The van der Waals surface area contributed by atoms with Gasteiger partial charge in [0.2, 0.25) is 5.91 Å². The van der Waals surface area contributed by atoms with E-state index >= 15 is 0 Å². The van der Waals surface area contributed by atoms with Crippen molar-refractivity contribution in [2.45, 2.75) is 10.8 Å². The topological polar surface area (TPSA) is 57.6 Å². The van der Waals surface area contributed by atoms with E-state index in [-0.39, 0.29) is 18.4 Å². The standard InChI is InChI=1S/C19H19NO3S/c21-18(13-24-15-9-5-2-6-10-15)20-11-16(17(12-20)19(22)23)14-7-3-1-4-8-14/h1-10,16-17H,11-13H2,(H,22,23)/t16-,17-/m1/s1. The average molecular weight is 341 g/mol. The van der Waals surface area contributed by atoms with Crippen LogP contribution in [0.4, 0.5) is 0 Å². The molecule has 1 aliphatic rings. The van der Waals surface area contributed by atoms with E-state index < -0.39 is 11.9 Å². The third-order valence-corrected chi connectivity index (χ3v) is 5.32. The van der Waals surface area contributed by atoms with Crippen molar-refractivity contribution in [2.75, 3.05) is 18.8 Å². The molecule has 124 valence electrons. The molecule has 24 heavy (non-hydrogen) atoms. The molecule has 1 saturated heterocycles.